The molecule has 7 heteroatoms. The molecule has 6 nitrogen and oxygen atoms in total. The third kappa shape index (κ3) is 4.05. The van der Waals surface area contributed by atoms with Crippen molar-refractivity contribution in [2.75, 3.05) is 19.8 Å². The lowest BCUT2D eigenvalue weighted by molar-refractivity contribution is -0.146. The molecule has 134 valence electrons. The quantitative estimate of drug-likeness (QED) is 0.895. The molecule has 2 atom stereocenters. The van der Waals surface area contributed by atoms with E-state index in [1.54, 1.807) is 23.1 Å². The van der Waals surface area contributed by atoms with Crippen LogP contribution in [0.1, 0.15) is 19.2 Å². The highest BCUT2D eigenvalue weighted by Crippen LogP contribution is 2.24. The van der Waals surface area contributed by atoms with Crippen LogP contribution in [0.3, 0.4) is 0 Å². The van der Waals surface area contributed by atoms with Gasteiger partial charge in [-0.05, 0) is 19.1 Å². The molecule has 0 spiro atoms. The van der Waals surface area contributed by atoms with E-state index in [2.05, 4.69) is 4.98 Å². The van der Waals surface area contributed by atoms with E-state index in [0.717, 1.165) is 0 Å². The summed E-state index contributed by atoms with van der Waals surface area (Å²) in [4.78, 5) is 18.3. The number of aliphatic hydroxyl groups excluding tert-OH is 1. The molecule has 1 aliphatic rings. The maximum Gasteiger partial charge on any atom is 0.223 e. The van der Waals surface area contributed by atoms with E-state index in [9.17, 15) is 14.3 Å². The Bertz CT molecular complexity index is 733. The first-order valence-electron chi connectivity index (χ1n) is 8.30. The number of halogens is 1. The van der Waals surface area contributed by atoms with Gasteiger partial charge in [-0.2, -0.15) is 0 Å². The maximum atomic E-state index is 13.8. The fourth-order valence-corrected chi connectivity index (χ4v) is 2.84. The summed E-state index contributed by atoms with van der Waals surface area (Å²) in [6, 6.07) is 6.28. The van der Waals surface area contributed by atoms with Gasteiger partial charge in [0, 0.05) is 19.4 Å². The standard InChI is InChI=1S/C18H21FN2O4/c1-12-11-24-13(10-22)9-21(12)18(23)7-6-17-20-8-16(25-17)14-4-2-3-5-15(14)19/h2-5,8,12-13,22H,6-7,9-11H2,1H3. The average molecular weight is 348 g/mol. The molecular formula is C18H21FN2O4. The van der Waals surface area contributed by atoms with Gasteiger partial charge in [-0.3, -0.25) is 4.79 Å². The molecule has 1 fully saturated rings. The van der Waals surface area contributed by atoms with Crippen molar-refractivity contribution in [3.05, 3.63) is 42.2 Å². The van der Waals surface area contributed by atoms with Crippen molar-refractivity contribution in [2.45, 2.75) is 31.9 Å². The Morgan fingerprint density at radius 1 is 1.44 bits per heavy atom. The topological polar surface area (TPSA) is 75.8 Å². The number of aryl methyl sites for hydroxylation is 1. The molecule has 1 amide bonds. The van der Waals surface area contributed by atoms with Crippen LogP contribution >= 0.6 is 0 Å². The van der Waals surface area contributed by atoms with Gasteiger partial charge >= 0.3 is 0 Å². The number of morpholine rings is 1. The number of rotatable bonds is 5. The second-order valence-corrected chi connectivity index (χ2v) is 6.13. The van der Waals surface area contributed by atoms with Crippen molar-refractivity contribution in [3.63, 3.8) is 0 Å². The molecule has 0 aliphatic carbocycles. The number of carbonyl (C=O) groups is 1. The minimum Gasteiger partial charge on any atom is -0.441 e. The Morgan fingerprint density at radius 3 is 3.00 bits per heavy atom. The van der Waals surface area contributed by atoms with Gasteiger partial charge in [-0.1, -0.05) is 12.1 Å². The van der Waals surface area contributed by atoms with Crippen molar-refractivity contribution < 1.29 is 23.4 Å². The molecule has 0 bridgehead atoms. The van der Waals surface area contributed by atoms with Crippen LogP contribution in [0, 0.1) is 5.82 Å². The van der Waals surface area contributed by atoms with Crippen LogP contribution in [-0.2, 0) is 16.0 Å². The minimum absolute atomic E-state index is 0.0335. The zero-order valence-electron chi connectivity index (χ0n) is 14.0. The molecule has 1 N–H and O–H groups in total. The van der Waals surface area contributed by atoms with Crippen LogP contribution in [0.2, 0.25) is 0 Å². The van der Waals surface area contributed by atoms with Crippen LogP contribution in [0.25, 0.3) is 11.3 Å². The number of aliphatic hydroxyl groups is 1. The Hall–Kier alpha value is -2.25. The van der Waals surface area contributed by atoms with E-state index in [4.69, 9.17) is 9.15 Å². The number of nitrogens with zero attached hydrogens (tertiary/aromatic N) is 2. The highest BCUT2D eigenvalue weighted by atomic mass is 19.1. The van der Waals surface area contributed by atoms with Crippen LogP contribution < -0.4 is 0 Å². The molecule has 1 aromatic heterocycles. The van der Waals surface area contributed by atoms with E-state index in [-0.39, 0.29) is 36.9 Å². The van der Waals surface area contributed by atoms with E-state index in [1.165, 1.54) is 12.3 Å². The third-order valence-corrected chi connectivity index (χ3v) is 4.28. The van der Waals surface area contributed by atoms with Gasteiger partial charge < -0.3 is 19.2 Å². The van der Waals surface area contributed by atoms with Crippen molar-refractivity contribution in [1.82, 2.24) is 9.88 Å². The fraction of sp³-hybridized carbons (Fsp3) is 0.444. The summed E-state index contributed by atoms with van der Waals surface area (Å²) in [5, 5.41) is 9.20. The fourth-order valence-electron chi connectivity index (χ4n) is 2.84. The number of ether oxygens (including phenoxy) is 1. The Morgan fingerprint density at radius 2 is 2.24 bits per heavy atom. The first-order valence-corrected chi connectivity index (χ1v) is 8.30. The normalized spacial score (nSPS) is 20.7. The number of oxazole rings is 1. The van der Waals surface area contributed by atoms with Gasteiger partial charge in [0.25, 0.3) is 0 Å². The average Bonchev–Trinajstić information content (AvgIpc) is 3.09. The highest BCUT2D eigenvalue weighted by Gasteiger charge is 2.29. The lowest BCUT2D eigenvalue weighted by Crippen LogP contribution is -2.52. The van der Waals surface area contributed by atoms with Crippen molar-refractivity contribution >= 4 is 5.91 Å². The highest BCUT2D eigenvalue weighted by molar-refractivity contribution is 5.76. The largest absolute Gasteiger partial charge is 0.441 e. The van der Waals surface area contributed by atoms with E-state index in [1.807, 2.05) is 6.92 Å². The van der Waals surface area contributed by atoms with Gasteiger partial charge in [-0.15, -0.1) is 0 Å². The number of hydrogen-bond donors (Lipinski definition) is 1. The summed E-state index contributed by atoms with van der Waals surface area (Å²) < 4.78 is 24.8. The predicted octanol–water partition coefficient (Wildman–Crippen LogP) is 2.02. The molecule has 25 heavy (non-hydrogen) atoms. The Kier molecular flexibility index (Phi) is 5.45. The van der Waals surface area contributed by atoms with Gasteiger partial charge in [0.2, 0.25) is 5.91 Å². The summed E-state index contributed by atoms with van der Waals surface area (Å²) in [7, 11) is 0. The summed E-state index contributed by atoms with van der Waals surface area (Å²) >= 11 is 0. The second-order valence-electron chi connectivity index (χ2n) is 6.13. The first-order chi connectivity index (χ1) is 12.1. The third-order valence-electron chi connectivity index (χ3n) is 4.28. The number of carbonyl (C=O) groups excluding carboxylic acids is 1. The van der Waals surface area contributed by atoms with Crippen LogP contribution in [0.4, 0.5) is 4.39 Å². The van der Waals surface area contributed by atoms with E-state index in [0.29, 0.717) is 36.8 Å². The minimum atomic E-state index is -0.376. The molecule has 0 radical (unpaired) electrons. The molecule has 1 aromatic carbocycles. The molecule has 3 rings (SSSR count). The number of hydrogen-bond acceptors (Lipinski definition) is 5. The lowest BCUT2D eigenvalue weighted by Gasteiger charge is -2.37. The number of amides is 1. The zero-order chi connectivity index (χ0) is 17.8. The number of aromatic nitrogens is 1. The molecule has 2 heterocycles. The molecule has 2 unspecified atom stereocenters. The van der Waals surface area contributed by atoms with Gasteiger partial charge in [0.05, 0.1) is 37.1 Å². The van der Waals surface area contributed by atoms with E-state index < -0.39 is 0 Å². The molecule has 0 saturated carbocycles. The Balaban J connectivity index is 1.60. The predicted molar refractivity (Wildman–Crippen MR) is 88.2 cm³/mol. The molecule has 2 aromatic rings. The summed E-state index contributed by atoms with van der Waals surface area (Å²) in [6.45, 7) is 2.59. The van der Waals surface area contributed by atoms with Crippen LogP contribution in [-0.4, -0.2) is 52.8 Å². The van der Waals surface area contributed by atoms with Crippen molar-refractivity contribution in [2.24, 2.45) is 0 Å². The summed E-state index contributed by atoms with van der Waals surface area (Å²) in [5.74, 6) is 0.324. The number of benzene rings is 1. The Labute approximate surface area is 145 Å². The maximum absolute atomic E-state index is 13.8. The van der Waals surface area contributed by atoms with Crippen molar-refractivity contribution in [3.8, 4) is 11.3 Å². The summed E-state index contributed by atoms with van der Waals surface area (Å²) in [5.41, 5.74) is 0.347. The van der Waals surface area contributed by atoms with Gasteiger partial charge in [-0.25, -0.2) is 9.37 Å². The van der Waals surface area contributed by atoms with Gasteiger partial charge in [0.15, 0.2) is 11.7 Å². The SMILES string of the molecule is CC1COC(CO)CN1C(=O)CCc1ncc(-c2ccccc2F)o1. The van der Waals surface area contributed by atoms with E-state index >= 15 is 0 Å². The molecule has 1 saturated heterocycles. The smallest absolute Gasteiger partial charge is 0.223 e. The molecule has 1 aliphatic heterocycles. The summed E-state index contributed by atoms with van der Waals surface area (Å²) in [6.07, 6.45) is 1.70. The second kappa shape index (κ2) is 7.76. The lowest BCUT2D eigenvalue weighted by atomic mass is 10.1. The van der Waals surface area contributed by atoms with Crippen LogP contribution in [0.15, 0.2) is 34.9 Å². The monoisotopic (exact) mass is 348 g/mol. The van der Waals surface area contributed by atoms with Crippen LogP contribution in [0.5, 0.6) is 0 Å². The molecular weight excluding hydrogens is 327 g/mol. The first kappa shape index (κ1) is 17.6. The zero-order valence-corrected chi connectivity index (χ0v) is 14.0. The van der Waals surface area contributed by atoms with Gasteiger partial charge in [0.1, 0.15) is 5.82 Å². The van der Waals surface area contributed by atoms with Crippen molar-refractivity contribution in [1.29, 1.82) is 0 Å².